The topological polar surface area (TPSA) is 71.1 Å². The number of anilines is 1. The molecule has 0 fully saturated rings. The molecule has 0 aliphatic rings. The minimum absolute atomic E-state index is 0.255. The van der Waals surface area contributed by atoms with Crippen LogP contribution < -0.4 is 15.8 Å². The predicted molar refractivity (Wildman–Crippen MR) is 79.4 cm³/mol. The maximum absolute atomic E-state index is 9.09. The molecule has 102 valence electrons. The number of hydrogen-bond acceptors (Lipinski definition) is 4. The van der Waals surface area contributed by atoms with E-state index < -0.39 is 6.04 Å². The van der Waals surface area contributed by atoms with Gasteiger partial charge >= 0.3 is 0 Å². The molecule has 0 aromatic heterocycles. The Kier molecular flexibility index (Phi) is 4.59. The van der Waals surface area contributed by atoms with Crippen LogP contribution in [-0.2, 0) is 0 Å². The summed E-state index contributed by atoms with van der Waals surface area (Å²) in [4.78, 5) is 0. The number of rotatable bonds is 5. The first-order chi connectivity index (χ1) is 9.74. The summed E-state index contributed by atoms with van der Waals surface area (Å²) in [5.41, 5.74) is 7.78. The monoisotopic (exact) mass is 267 g/mol. The highest BCUT2D eigenvalue weighted by atomic mass is 16.5. The second-order valence-electron chi connectivity index (χ2n) is 4.42. The lowest BCUT2D eigenvalue weighted by atomic mass is 10.0. The van der Waals surface area contributed by atoms with Crippen LogP contribution in [0.3, 0.4) is 0 Å². The van der Waals surface area contributed by atoms with Gasteiger partial charge in [-0.25, -0.2) is 0 Å². The highest BCUT2D eigenvalue weighted by Gasteiger charge is 2.19. The van der Waals surface area contributed by atoms with Crippen LogP contribution in [-0.4, -0.2) is 13.2 Å². The van der Waals surface area contributed by atoms with E-state index in [1.807, 2.05) is 54.6 Å². The highest BCUT2D eigenvalue weighted by molar-refractivity contribution is 5.49. The van der Waals surface area contributed by atoms with Gasteiger partial charge in [-0.1, -0.05) is 30.3 Å². The van der Waals surface area contributed by atoms with E-state index in [9.17, 15) is 0 Å². The van der Waals surface area contributed by atoms with Crippen molar-refractivity contribution in [2.24, 2.45) is 5.73 Å². The smallest absolute Gasteiger partial charge is 0.119 e. The van der Waals surface area contributed by atoms with Crippen molar-refractivity contribution in [2.45, 2.75) is 12.1 Å². The van der Waals surface area contributed by atoms with Gasteiger partial charge in [0.2, 0.25) is 0 Å². The first-order valence-corrected chi connectivity index (χ1v) is 6.35. The van der Waals surface area contributed by atoms with Crippen molar-refractivity contribution >= 4 is 5.69 Å². The molecule has 3 N–H and O–H groups in total. The van der Waals surface area contributed by atoms with Crippen LogP contribution >= 0.6 is 0 Å². The Labute approximate surface area is 118 Å². The summed E-state index contributed by atoms with van der Waals surface area (Å²) in [5, 5.41) is 12.4. The van der Waals surface area contributed by atoms with Gasteiger partial charge in [-0.15, -0.1) is 0 Å². The van der Waals surface area contributed by atoms with Crippen molar-refractivity contribution in [3.63, 3.8) is 0 Å². The summed E-state index contributed by atoms with van der Waals surface area (Å²) in [6, 6.07) is 18.5. The fourth-order valence-electron chi connectivity index (χ4n) is 1.98. The van der Waals surface area contributed by atoms with Crippen LogP contribution in [0.4, 0.5) is 5.69 Å². The van der Waals surface area contributed by atoms with E-state index in [0.717, 1.165) is 17.0 Å². The third-order valence-electron chi connectivity index (χ3n) is 3.08. The summed E-state index contributed by atoms with van der Waals surface area (Å²) in [5.74, 6) is 0.788. The van der Waals surface area contributed by atoms with Crippen LogP contribution in [0, 0.1) is 11.3 Å². The zero-order valence-electron chi connectivity index (χ0n) is 11.3. The van der Waals surface area contributed by atoms with Crippen LogP contribution in [0.25, 0.3) is 0 Å². The van der Waals surface area contributed by atoms with E-state index >= 15 is 0 Å². The zero-order valence-corrected chi connectivity index (χ0v) is 11.3. The number of ether oxygens (including phenoxy) is 1. The Hall–Kier alpha value is -2.51. The molecule has 0 aliphatic carbocycles. The van der Waals surface area contributed by atoms with Crippen molar-refractivity contribution in [1.29, 1.82) is 5.26 Å². The molecule has 0 unspecified atom stereocenters. The molecular weight excluding hydrogens is 250 g/mol. The summed E-state index contributed by atoms with van der Waals surface area (Å²) >= 11 is 0. The average Bonchev–Trinajstić information content (AvgIpc) is 2.53. The second kappa shape index (κ2) is 6.60. The molecule has 0 spiro atoms. The lowest BCUT2D eigenvalue weighted by Crippen LogP contribution is -2.31. The predicted octanol–water partition coefficient (Wildman–Crippen LogP) is 2.70. The molecule has 0 amide bonds. The largest absolute Gasteiger partial charge is 0.497 e. The van der Waals surface area contributed by atoms with Crippen molar-refractivity contribution in [3.8, 4) is 11.8 Å². The van der Waals surface area contributed by atoms with E-state index in [1.54, 1.807) is 7.11 Å². The van der Waals surface area contributed by atoms with Gasteiger partial charge in [0.1, 0.15) is 11.8 Å². The standard InChI is InChI=1S/C16H17N3O/c1-20-14-9-7-13(8-10-14)19-16(15(18)11-17)12-5-3-2-4-6-12/h2-10,15-16,19H,18H2,1H3/t15-,16-/m0/s1. The molecule has 0 saturated heterocycles. The third kappa shape index (κ3) is 3.28. The summed E-state index contributed by atoms with van der Waals surface area (Å²) in [6.07, 6.45) is 0. The number of benzene rings is 2. The van der Waals surface area contributed by atoms with Gasteiger partial charge in [0.25, 0.3) is 0 Å². The van der Waals surface area contributed by atoms with Crippen molar-refractivity contribution < 1.29 is 4.74 Å². The number of methoxy groups -OCH3 is 1. The number of hydrogen-bond donors (Lipinski definition) is 2. The lowest BCUT2D eigenvalue weighted by Gasteiger charge is -2.22. The Morgan fingerprint density at radius 3 is 2.30 bits per heavy atom. The lowest BCUT2D eigenvalue weighted by molar-refractivity contribution is 0.415. The molecule has 2 atom stereocenters. The maximum atomic E-state index is 9.09. The van der Waals surface area contributed by atoms with Crippen molar-refractivity contribution in [1.82, 2.24) is 0 Å². The van der Waals surface area contributed by atoms with E-state index in [0.29, 0.717) is 0 Å². The van der Waals surface area contributed by atoms with E-state index in [-0.39, 0.29) is 6.04 Å². The third-order valence-corrected chi connectivity index (χ3v) is 3.08. The molecule has 4 nitrogen and oxygen atoms in total. The second-order valence-corrected chi connectivity index (χ2v) is 4.42. The SMILES string of the molecule is COc1ccc(N[C@@H](c2ccccc2)[C@@H](N)C#N)cc1. The van der Waals surface area contributed by atoms with Gasteiger partial charge in [0.05, 0.1) is 19.2 Å². The first-order valence-electron chi connectivity index (χ1n) is 6.35. The van der Waals surface area contributed by atoms with Crippen molar-refractivity contribution in [2.75, 3.05) is 12.4 Å². The molecular formula is C16H17N3O. The van der Waals surface area contributed by atoms with Crippen LogP contribution in [0.5, 0.6) is 5.75 Å². The zero-order chi connectivity index (χ0) is 14.4. The molecule has 0 radical (unpaired) electrons. The molecule has 0 saturated carbocycles. The minimum atomic E-state index is -0.625. The number of nitrogens with one attached hydrogen (secondary N) is 1. The van der Waals surface area contributed by atoms with Gasteiger partial charge in [0, 0.05) is 5.69 Å². The minimum Gasteiger partial charge on any atom is -0.497 e. The molecule has 20 heavy (non-hydrogen) atoms. The van der Waals surface area contributed by atoms with E-state index in [1.165, 1.54) is 0 Å². The Morgan fingerprint density at radius 1 is 1.10 bits per heavy atom. The quantitative estimate of drug-likeness (QED) is 0.873. The molecule has 0 aliphatic heterocycles. The van der Waals surface area contributed by atoms with Crippen LogP contribution in [0.15, 0.2) is 54.6 Å². The molecule has 2 aromatic carbocycles. The first kappa shape index (κ1) is 13.9. The summed E-state index contributed by atoms with van der Waals surface area (Å²) < 4.78 is 5.12. The van der Waals surface area contributed by atoms with Gasteiger partial charge in [0.15, 0.2) is 0 Å². The van der Waals surface area contributed by atoms with Gasteiger partial charge in [-0.2, -0.15) is 5.26 Å². The molecule has 0 bridgehead atoms. The number of nitrogens with two attached hydrogens (primary N) is 1. The molecule has 4 heteroatoms. The maximum Gasteiger partial charge on any atom is 0.119 e. The molecule has 0 heterocycles. The average molecular weight is 267 g/mol. The van der Waals surface area contributed by atoms with Gasteiger partial charge in [-0.3, -0.25) is 0 Å². The van der Waals surface area contributed by atoms with E-state index in [2.05, 4.69) is 11.4 Å². The Balaban J connectivity index is 2.22. The number of nitriles is 1. The molecule has 2 rings (SSSR count). The van der Waals surface area contributed by atoms with Gasteiger partial charge < -0.3 is 15.8 Å². The highest BCUT2D eigenvalue weighted by Crippen LogP contribution is 2.23. The van der Waals surface area contributed by atoms with Crippen molar-refractivity contribution in [3.05, 3.63) is 60.2 Å². The number of nitrogens with zero attached hydrogens (tertiary/aromatic N) is 1. The van der Waals surface area contributed by atoms with Crippen LogP contribution in [0.2, 0.25) is 0 Å². The van der Waals surface area contributed by atoms with Crippen LogP contribution in [0.1, 0.15) is 11.6 Å². The summed E-state index contributed by atoms with van der Waals surface area (Å²) in [6.45, 7) is 0. The normalized spacial score (nSPS) is 13.1. The van der Waals surface area contributed by atoms with Gasteiger partial charge in [-0.05, 0) is 29.8 Å². The van der Waals surface area contributed by atoms with E-state index in [4.69, 9.17) is 15.7 Å². The summed E-state index contributed by atoms with van der Waals surface area (Å²) in [7, 11) is 1.63. The molecule has 2 aromatic rings. The fraction of sp³-hybridized carbons (Fsp3) is 0.188. The fourth-order valence-corrected chi connectivity index (χ4v) is 1.98. The Bertz CT molecular complexity index is 575. The Morgan fingerprint density at radius 2 is 1.75 bits per heavy atom.